The Morgan fingerprint density at radius 2 is 0.973 bits per heavy atom. The van der Waals surface area contributed by atoms with Crippen LogP contribution >= 0.6 is 23.2 Å². The summed E-state index contributed by atoms with van der Waals surface area (Å²) in [6, 6.07) is 28.4. The highest BCUT2D eigenvalue weighted by molar-refractivity contribution is 6.42. The first-order valence-corrected chi connectivity index (χ1v) is 20.4. The summed E-state index contributed by atoms with van der Waals surface area (Å²) in [6.45, 7) is 0.942. The average molecular weight is 1070 g/mol. The maximum absolute atomic E-state index is 13.0. The van der Waals surface area contributed by atoms with Gasteiger partial charge in [-0.3, -0.25) is 9.59 Å². The largest absolute Gasteiger partial charge is 0.497 e. The molecule has 2 amide bonds. The predicted molar refractivity (Wildman–Crippen MR) is 248 cm³/mol. The number of hydrogen-bond donors (Lipinski definition) is 0. The fourth-order valence-electron chi connectivity index (χ4n) is 4.70. The number of aliphatic imine (C=N–C) groups is 6. The summed E-state index contributed by atoms with van der Waals surface area (Å²) in [5, 5.41) is 0.964. The van der Waals surface area contributed by atoms with E-state index in [4.69, 9.17) is 27.9 Å². The standard InChI is InChI=1S/C9H9NO2.C8H5Cl2NO.C8H3F4NO.C8H3F2NO2.C8H4FNO2.C8H6FNO/c1-12-9-4-2-8(3-5-9)6-10-7-11;9-7-2-1-6(3-8(7)10)4-11-5-12;9-7-5(8(10,11)12)2-1-3-6(7)13-4-14;9-5-2-1-3-6(10)7(5)8(13)11-4-12;9-7-3-1-6(2-4-7)8(12)10-5-11;9-8-3-1-7(2-4-8)5-10-6-11/h2-5H,6H2,1H3;1-3H,4H2;1-3H;1-3H;1-4H;1-4H,5H2. The van der Waals surface area contributed by atoms with E-state index in [9.17, 15) is 73.5 Å². The highest BCUT2D eigenvalue weighted by Gasteiger charge is 2.34. The molecule has 6 aromatic rings. The fraction of sp³-hybridized carbons (Fsp3) is 0.102. The predicted octanol–water partition coefficient (Wildman–Crippen LogP) is 11.6. The van der Waals surface area contributed by atoms with Crippen LogP contribution in [0.2, 0.25) is 10.0 Å². The number of nitrogens with zero attached hydrogens (tertiary/aromatic N) is 6. The molecule has 380 valence electrons. The van der Waals surface area contributed by atoms with Gasteiger partial charge in [0.2, 0.25) is 36.5 Å². The van der Waals surface area contributed by atoms with Gasteiger partial charge in [0.25, 0.3) is 11.8 Å². The Hall–Kier alpha value is -9.24. The van der Waals surface area contributed by atoms with Gasteiger partial charge >= 0.3 is 6.18 Å². The van der Waals surface area contributed by atoms with Crippen LogP contribution in [0.5, 0.6) is 5.75 Å². The van der Waals surface area contributed by atoms with Gasteiger partial charge in [0.15, 0.2) is 5.82 Å². The number of ether oxygens (including phenoxy) is 1. The molecule has 0 spiro atoms. The minimum atomic E-state index is -4.79. The van der Waals surface area contributed by atoms with Crippen LogP contribution in [0.4, 0.5) is 40.8 Å². The number of isocyanates is 6. The van der Waals surface area contributed by atoms with Crippen molar-refractivity contribution in [2.45, 2.75) is 25.8 Å². The number of rotatable bonds is 10. The molecule has 6 rings (SSSR count). The van der Waals surface area contributed by atoms with Crippen molar-refractivity contribution in [1.82, 2.24) is 0 Å². The quantitative estimate of drug-likeness (QED) is 0.0722. The van der Waals surface area contributed by atoms with Gasteiger partial charge in [-0.2, -0.15) is 18.2 Å². The summed E-state index contributed by atoms with van der Waals surface area (Å²) in [4.78, 5) is 98.3. The number of amides is 2. The Balaban J connectivity index is 0.000000445. The molecule has 15 nitrogen and oxygen atoms in total. The number of carbonyl (C=O) groups is 2. The molecule has 0 saturated carbocycles. The zero-order valence-corrected chi connectivity index (χ0v) is 38.9. The lowest BCUT2D eigenvalue weighted by atomic mass is 10.2. The van der Waals surface area contributed by atoms with Gasteiger partial charge in [-0.15, -0.1) is 9.98 Å². The van der Waals surface area contributed by atoms with Crippen LogP contribution in [0.1, 0.15) is 43.0 Å². The molecule has 74 heavy (non-hydrogen) atoms. The molecule has 0 heterocycles. The minimum absolute atomic E-state index is 0.166. The van der Waals surface area contributed by atoms with Crippen LogP contribution in [-0.2, 0) is 54.6 Å². The Labute approximate surface area is 422 Å². The monoisotopic (exact) mass is 1070 g/mol. The van der Waals surface area contributed by atoms with Crippen molar-refractivity contribution in [1.29, 1.82) is 0 Å². The Kier molecular flexibility index (Phi) is 29.7. The van der Waals surface area contributed by atoms with Gasteiger partial charge in [-0.1, -0.05) is 65.7 Å². The molecular weight excluding hydrogens is 1040 g/mol. The van der Waals surface area contributed by atoms with Crippen LogP contribution in [0.15, 0.2) is 157 Å². The van der Waals surface area contributed by atoms with Gasteiger partial charge < -0.3 is 4.74 Å². The summed E-state index contributed by atoms with van der Waals surface area (Å²) in [5.41, 5.74) is -0.184. The van der Waals surface area contributed by atoms with E-state index in [2.05, 4.69) is 30.0 Å². The molecule has 0 aliphatic heterocycles. The third-order valence-corrected chi connectivity index (χ3v) is 8.79. The summed E-state index contributed by atoms with van der Waals surface area (Å²) in [6.07, 6.45) is 2.55. The second kappa shape index (κ2) is 35.0. The van der Waals surface area contributed by atoms with Gasteiger partial charge in [-0.25, -0.2) is 65.7 Å². The van der Waals surface area contributed by atoms with E-state index in [0.29, 0.717) is 29.2 Å². The zero-order chi connectivity index (χ0) is 55.5. The first kappa shape index (κ1) is 62.8. The van der Waals surface area contributed by atoms with E-state index in [1.54, 1.807) is 37.4 Å². The number of benzene rings is 6. The number of methoxy groups -OCH3 is 1. The highest BCUT2D eigenvalue weighted by atomic mass is 35.5. The van der Waals surface area contributed by atoms with E-state index in [1.165, 1.54) is 42.5 Å². The van der Waals surface area contributed by atoms with Crippen molar-refractivity contribution in [3.8, 4) is 5.75 Å². The molecule has 6 aromatic carbocycles. The van der Waals surface area contributed by atoms with E-state index >= 15 is 0 Å². The smallest absolute Gasteiger partial charge is 0.419 e. The Morgan fingerprint density at radius 3 is 1.42 bits per heavy atom. The lowest BCUT2D eigenvalue weighted by Crippen LogP contribution is -2.07. The molecule has 0 aliphatic rings. The minimum Gasteiger partial charge on any atom is -0.497 e. The second-order valence-corrected chi connectivity index (χ2v) is 13.7. The normalized spacial score (nSPS) is 9.28. The topological polar surface area (TPSA) is 220 Å². The molecule has 0 saturated heterocycles. The summed E-state index contributed by atoms with van der Waals surface area (Å²) >= 11 is 11.4. The van der Waals surface area contributed by atoms with Crippen LogP contribution < -0.4 is 4.74 Å². The summed E-state index contributed by atoms with van der Waals surface area (Å²) < 4.78 is 104. The molecular formula is C49H30Cl2F8N6O9. The first-order valence-electron chi connectivity index (χ1n) is 19.6. The lowest BCUT2D eigenvalue weighted by molar-refractivity contribution is -0.139. The molecule has 0 bridgehead atoms. The van der Waals surface area contributed by atoms with Crippen LogP contribution in [0.3, 0.4) is 0 Å². The molecule has 0 radical (unpaired) electrons. The second-order valence-electron chi connectivity index (χ2n) is 12.9. The van der Waals surface area contributed by atoms with E-state index in [-0.39, 0.29) is 17.9 Å². The van der Waals surface area contributed by atoms with Crippen molar-refractivity contribution in [2.75, 3.05) is 7.11 Å². The molecule has 0 aromatic heterocycles. The number of carbonyl (C=O) groups excluding carboxylic acids is 8. The van der Waals surface area contributed by atoms with E-state index in [0.717, 1.165) is 83.1 Å². The third-order valence-electron chi connectivity index (χ3n) is 8.05. The van der Waals surface area contributed by atoms with Crippen molar-refractivity contribution in [2.24, 2.45) is 30.0 Å². The van der Waals surface area contributed by atoms with Crippen molar-refractivity contribution < 1.29 is 78.2 Å². The first-order chi connectivity index (χ1) is 35.3. The molecule has 0 N–H and O–H groups in total. The third kappa shape index (κ3) is 24.5. The van der Waals surface area contributed by atoms with E-state index in [1.807, 2.05) is 24.3 Å². The van der Waals surface area contributed by atoms with Gasteiger partial charge in [0.05, 0.1) is 42.4 Å². The molecule has 0 unspecified atom stereocenters. The maximum Gasteiger partial charge on any atom is 0.419 e. The zero-order valence-electron chi connectivity index (χ0n) is 37.4. The SMILES string of the molecule is COc1ccc(CN=C=O)cc1.O=C=NC(=O)c1c(F)cccc1F.O=C=NC(=O)c1ccc(F)cc1.O=C=NCc1ccc(Cl)c(Cl)c1.O=C=NCc1ccc(F)cc1.O=C=Nc1cccc(C(F)(F)F)c1F. The van der Waals surface area contributed by atoms with Gasteiger partial charge in [-0.05, 0) is 102 Å². The van der Waals surface area contributed by atoms with Crippen molar-refractivity contribution >= 4 is 77.2 Å². The van der Waals surface area contributed by atoms with E-state index < -0.39 is 58.1 Å². The number of halogens is 10. The van der Waals surface area contributed by atoms with Gasteiger partial charge in [0.1, 0.15) is 40.3 Å². The molecule has 0 aliphatic carbocycles. The molecule has 0 fully saturated rings. The van der Waals surface area contributed by atoms with Gasteiger partial charge in [0, 0.05) is 5.56 Å². The van der Waals surface area contributed by atoms with Crippen LogP contribution in [0, 0.1) is 29.1 Å². The molecule has 0 atom stereocenters. The summed E-state index contributed by atoms with van der Waals surface area (Å²) in [7, 11) is 1.61. The van der Waals surface area contributed by atoms with Crippen molar-refractivity contribution in [3.63, 3.8) is 0 Å². The summed E-state index contributed by atoms with van der Waals surface area (Å²) in [5.74, 6) is -5.59. The Bertz CT molecular complexity index is 3090. The maximum atomic E-state index is 13.0. The lowest BCUT2D eigenvalue weighted by Gasteiger charge is -2.07. The molecule has 25 heteroatoms. The highest BCUT2D eigenvalue weighted by Crippen LogP contribution is 2.34. The average Bonchev–Trinajstić information content (AvgIpc) is 3.38. The number of alkyl halides is 3. The van der Waals surface area contributed by atoms with Crippen molar-refractivity contribution in [3.05, 3.63) is 200 Å². The fourth-order valence-corrected chi connectivity index (χ4v) is 5.02. The number of hydrogen-bond acceptors (Lipinski definition) is 13. The van der Waals surface area contributed by atoms with Crippen LogP contribution in [0.25, 0.3) is 0 Å². The van der Waals surface area contributed by atoms with Crippen LogP contribution in [-0.4, -0.2) is 55.4 Å². The Morgan fingerprint density at radius 1 is 0.527 bits per heavy atom.